The fourth-order valence-corrected chi connectivity index (χ4v) is 3.93. The summed E-state index contributed by atoms with van der Waals surface area (Å²) in [6.45, 7) is 5.34. The monoisotopic (exact) mass is 359 g/mol. The van der Waals surface area contributed by atoms with Crippen LogP contribution < -0.4 is 4.74 Å². The maximum atomic E-state index is 11.8. The Kier molecular flexibility index (Phi) is 6.15. The summed E-state index contributed by atoms with van der Waals surface area (Å²) in [5.74, 6) is 0.848. The number of benzene rings is 1. The molecule has 1 saturated heterocycles. The number of aromatic nitrogens is 2. The third kappa shape index (κ3) is 4.64. The van der Waals surface area contributed by atoms with E-state index in [1.807, 2.05) is 24.3 Å². The molecule has 0 N–H and O–H groups in total. The Bertz CT molecular complexity index is 721. The fourth-order valence-electron chi connectivity index (χ4n) is 3.24. The van der Waals surface area contributed by atoms with Gasteiger partial charge in [0.15, 0.2) is 0 Å². The summed E-state index contributed by atoms with van der Waals surface area (Å²) in [6, 6.07) is 10.2. The minimum absolute atomic E-state index is 0.665. The molecule has 3 rings (SSSR count). The highest BCUT2D eigenvalue weighted by molar-refractivity contribution is 7.84. The molecule has 1 aromatic carbocycles. The predicted molar refractivity (Wildman–Crippen MR) is 100 cm³/mol. The van der Waals surface area contributed by atoms with Crippen LogP contribution in [0.4, 0.5) is 0 Å². The van der Waals surface area contributed by atoms with Crippen LogP contribution in [-0.4, -0.2) is 51.3 Å². The first-order valence-corrected chi connectivity index (χ1v) is 10.3. The van der Waals surface area contributed by atoms with Gasteiger partial charge in [-0.25, -0.2) is 0 Å². The topological polar surface area (TPSA) is 55.3 Å². The molecule has 134 valence electrons. The van der Waals surface area contributed by atoms with Crippen LogP contribution in [0.2, 0.25) is 0 Å². The van der Waals surface area contributed by atoms with E-state index in [-0.39, 0.29) is 0 Å². The third-order valence-electron chi connectivity index (χ3n) is 4.67. The Labute approximate surface area is 151 Å². The molecule has 5 nitrogen and oxygen atoms in total. The Morgan fingerprint density at radius 3 is 2.76 bits per heavy atom. The smallest absolute Gasteiger partial charge is 0.119 e. The van der Waals surface area contributed by atoms with Crippen molar-refractivity contribution in [1.29, 1.82) is 0 Å². The van der Waals surface area contributed by atoms with Crippen LogP contribution in [0.15, 0.2) is 41.4 Å². The van der Waals surface area contributed by atoms with Crippen molar-refractivity contribution in [3.05, 3.63) is 36.5 Å². The molecule has 1 fully saturated rings. The Hall–Kier alpha value is -1.79. The van der Waals surface area contributed by atoms with Crippen molar-refractivity contribution in [3.63, 3.8) is 0 Å². The largest absolute Gasteiger partial charge is 0.494 e. The molecule has 2 heterocycles. The summed E-state index contributed by atoms with van der Waals surface area (Å²) in [5, 5.41) is 8.05. The molecule has 2 aromatic rings. The van der Waals surface area contributed by atoms with Crippen molar-refractivity contribution >= 4 is 10.8 Å². The second-order valence-electron chi connectivity index (χ2n) is 6.45. The van der Waals surface area contributed by atoms with Crippen LogP contribution in [-0.2, 0) is 10.8 Å². The summed E-state index contributed by atoms with van der Waals surface area (Å²) >= 11 is 0. The normalized spacial score (nSPS) is 19.0. The number of likely N-dealkylation sites (tertiary alicyclic amines) is 1. The minimum atomic E-state index is -1.10. The van der Waals surface area contributed by atoms with Gasteiger partial charge in [0, 0.05) is 24.4 Å². The quantitative estimate of drug-likeness (QED) is 0.711. The highest BCUT2D eigenvalue weighted by atomic mass is 32.2. The van der Waals surface area contributed by atoms with E-state index < -0.39 is 10.8 Å². The Morgan fingerprint density at radius 2 is 2.08 bits per heavy atom. The van der Waals surface area contributed by atoms with Gasteiger partial charge < -0.3 is 9.64 Å². The molecule has 0 aliphatic carbocycles. The summed E-state index contributed by atoms with van der Waals surface area (Å²) in [7, 11) is -1.10. The first-order chi connectivity index (χ1) is 12.1. The summed E-state index contributed by atoms with van der Waals surface area (Å²) < 4.78 is 17.7. The Morgan fingerprint density at radius 1 is 1.28 bits per heavy atom. The van der Waals surface area contributed by atoms with E-state index in [9.17, 15) is 4.21 Å². The van der Waals surface area contributed by atoms with E-state index in [0.29, 0.717) is 16.6 Å². The highest BCUT2D eigenvalue weighted by Gasteiger charge is 2.19. The molecule has 6 heteroatoms. The van der Waals surface area contributed by atoms with Gasteiger partial charge >= 0.3 is 0 Å². The lowest BCUT2D eigenvalue weighted by molar-refractivity contribution is 0.230. The molecule has 25 heavy (non-hydrogen) atoms. The molecule has 1 aliphatic rings. The molecule has 0 amide bonds. The van der Waals surface area contributed by atoms with Crippen molar-refractivity contribution in [2.45, 2.75) is 37.1 Å². The van der Waals surface area contributed by atoms with Gasteiger partial charge in [0.05, 0.1) is 28.5 Å². The molecule has 0 spiro atoms. The number of hydrogen-bond donors (Lipinski definition) is 0. The van der Waals surface area contributed by atoms with Gasteiger partial charge in [-0.2, -0.15) is 5.10 Å². The van der Waals surface area contributed by atoms with Gasteiger partial charge in [-0.3, -0.25) is 4.21 Å². The molecule has 1 aliphatic heterocycles. The second-order valence-corrected chi connectivity index (χ2v) is 7.80. The molecule has 0 radical (unpaired) electrons. The molecular weight excluding hydrogens is 334 g/mol. The van der Waals surface area contributed by atoms with Gasteiger partial charge in [-0.1, -0.05) is 0 Å². The number of hydrogen-bond acceptors (Lipinski definition) is 5. The zero-order valence-corrected chi connectivity index (χ0v) is 15.7. The standard InChI is InChI=1S/C19H25N3O2S/c1-15-5-3-12-22(15)13-4-14-24-17-8-6-16(7-9-17)19-18(25(2)23)10-11-20-21-19/h6-11,15H,3-5,12-14H2,1-2H3. The second kappa shape index (κ2) is 8.54. The minimum Gasteiger partial charge on any atom is -0.494 e. The predicted octanol–water partition coefficient (Wildman–Crippen LogP) is 3.13. The lowest BCUT2D eigenvalue weighted by Gasteiger charge is -2.20. The van der Waals surface area contributed by atoms with E-state index in [1.54, 1.807) is 18.5 Å². The van der Waals surface area contributed by atoms with Crippen molar-refractivity contribution in [1.82, 2.24) is 15.1 Å². The zero-order chi connectivity index (χ0) is 17.6. The lowest BCUT2D eigenvalue weighted by atomic mass is 10.1. The summed E-state index contributed by atoms with van der Waals surface area (Å²) in [5.41, 5.74) is 1.56. The Balaban J connectivity index is 1.55. The molecule has 0 saturated carbocycles. The number of ether oxygens (including phenoxy) is 1. The number of nitrogens with zero attached hydrogens (tertiary/aromatic N) is 3. The molecule has 1 aromatic heterocycles. The summed E-state index contributed by atoms with van der Waals surface area (Å²) in [6.07, 6.45) is 6.89. The van der Waals surface area contributed by atoms with E-state index in [0.717, 1.165) is 30.9 Å². The molecule has 2 unspecified atom stereocenters. The highest BCUT2D eigenvalue weighted by Crippen LogP contribution is 2.25. The third-order valence-corrected chi connectivity index (χ3v) is 5.62. The van der Waals surface area contributed by atoms with E-state index in [1.165, 1.54) is 19.4 Å². The van der Waals surface area contributed by atoms with Crippen LogP contribution in [0, 0.1) is 0 Å². The van der Waals surface area contributed by atoms with Gasteiger partial charge in [-0.05, 0) is 63.1 Å². The van der Waals surface area contributed by atoms with Crippen molar-refractivity contribution in [2.75, 3.05) is 26.0 Å². The van der Waals surface area contributed by atoms with Crippen molar-refractivity contribution < 1.29 is 8.95 Å². The average molecular weight is 359 g/mol. The van der Waals surface area contributed by atoms with E-state index in [4.69, 9.17) is 4.74 Å². The molecule has 0 bridgehead atoms. The summed E-state index contributed by atoms with van der Waals surface area (Å²) in [4.78, 5) is 3.23. The van der Waals surface area contributed by atoms with Crippen LogP contribution in [0.25, 0.3) is 11.3 Å². The molecular formula is C19H25N3O2S. The van der Waals surface area contributed by atoms with Gasteiger partial charge in [0.1, 0.15) is 11.4 Å². The first kappa shape index (κ1) is 18.0. The van der Waals surface area contributed by atoms with Crippen molar-refractivity contribution in [2.24, 2.45) is 0 Å². The van der Waals surface area contributed by atoms with Crippen LogP contribution in [0.5, 0.6) is 5.75 Å². The van der Waals surface area contributed by atoms with Gasteiger partial charge in [0.2, 0.25) is 0 Å². The van der Waals surface area contributed by atoms with Crippen LogP contribution >= 0.6 is 0 Å². The number of rotatable bonds is 7. The maximum Gasteiger partial charge on any atom is 0.119 e. The average Bonchev–Trinajstić information content (AvgIpc) is 3.04. The van der Waals surface area contributed by atoms with E-state index >= 15 is 0 Å². The van der Waals surface area contributed by atoms with E-state index in [2.05, 4.69) is 22.0 Å². The van der Waals surface area contributed by atoms with Gasteiger partial charge in [0.25, 0.3) is 0 Å². The SMILES string of the molecule is CC1CCCN1CCCOc1ccc(-c2nnccc2S(C)=O)cc1. The van der Waals surface area contributed by atoms with Crippen LogP contribution in [0.1, 0.15) is 26.2 Å². The fraction of sp³-hybridized carbons (Fsp3) is 0.474. The lowest BCUT2D eigenvalue weighted by Crippen LogP contribution is -2.28. The molecule has 2 atom stereocenters. The first-order valence-electron chi connectivity index (χ1n) is 8.77. The van der Waals surface area contributed by atoms with Crippen LogP contribution in [0.3, 0.4) is 0 Å². The maximum absolute atomic E-state index is 11.8. The van der Waals surface area contributed by atoms with Gasteiger partial charge in [-0.15, -0.1) is 5.10 Å². The zero-order valence-electron chi connectivity index (χ0n) is 14.9. The van der Waals surface area contributed by atoms with Crippen molar-refractivity contribution in [3.8, 4) is 17.0 Å².